The fourth-order valence-corrected chi connectivity index (χ4v) is 2.30. The van der Waals surface area contributed by atoms with Gasteiger partial charge in [0.1, 0.15) is 0 Å². The number of benzene rings is 1. The van der Waals surface area contributed by atoms with Gasteiger partial charge in [-0.25, -0.2) is 4.98 Å². The van der Waals surface area contributed by atoms with Crippen LogP contribution < -0.4 is 5.32 Å². The van der Waals surface area contributed by atoms with Crippen LogP contribution in [0.4, 0.5) is 0 Å². The summed E-state index contributed by atoms with van der Waals surface area (Å²) in [5, 5.41) is 3.23. The number of carbonyl (C=O) groups excluding carboxylic acids is 1. The van der Waals surface area contributed by atoms with Crippen molar-refractivity contribution in [3.63, 3.8) is 0 Å². The number of ether oxygens (including phenoxy) is 1. The molecule has 0 unspecified atom stereocenters. The second-order valence-electron chi connectivity index (χ2n) is 3.64. The molecule has 0 aliphatic heterocycles. The van der Waals surface area contributed by atoms with E-state index in [1.807, 2.05) is 30.3 Å². The first kappa shape index (κ1) is 12.7. The average Bonchev–Trinajstić information content (AvgIpc) is 2.89. The van der Waals surface area contributed by atoms with Crippen molar-refractivity contribution >= 4 is 17.2 Å². The highest BCUT2D eigenvalue weighted by atomic mass is 32.1. The van der Waals surface area contributed by atoms with Crippen molar-refractivity contribution in [2.75, 3.05) is 20.3 Å². The minimum atomic E-state index is -0.153. The number of hydrogen-bond donors (Lipinski definition) is 1. The molecule has 0 atom stereocenters. The molecular formula is C13H14N2O2S. The maximum absolute atomic E-state index is 11.7. The van der Waals surface area contributed by atoms with Gasteiger partial charge in [-0.15, -0.1) is 11.3 Å². The van der Waals surface area contributed by atoms with Crippen LogP contribution in [0.15, 0.2) is 36.5 Å². The van der Waals surface area contributed by atoms with E-state index in [2.05, 4.69) is 10.3 Å². The van der Waals surface area contributed by atoms with Crippen molar-refractivity contribution in [1.29, 1.82) is 0 Å². The molecule has 2 aromatic rings. The van der Waals surface area contributed by atoms with Gasteiger partial charge in [0.05, 0.1) is 11.5 Å². The largest absolute Gasteiger partial charge is 0.383 e. The molecule has 0 bridgehead atoms. The van der Waals surface area contributed by atoms with Crippen molar-refractivity contribution in [1.82, 2.24) is 10.3 Å². The van der Waals surface area contributed by atoms with E-state index in [9.17, 15) is 4.79 Å². The van der Waals surface area contributed by atoms with Crippen LogP contribution in [0.25, 0.3) is 10.4 Å². The summed E-state index contributed by atoms with van der Waals surface area (Å²) in [6.45, 7) is 0.998. The summed E-state index contributed by atoms with van der Waals surface area (Å²) >= 11 is 1.39. The molecule has 0 aliphatic rings. The highest BCUT2D eigenvalue weighted by Gasteiger charge is 2.11. The van der Waals surface area contributed by atoms with E-state index in [0.717, 1.165) is 10.4 Å². The summed E-state index contributed by atoms with van der Waals surface area (Å²) < 4.78 is 4.87. The maximum atomic E-state index is 11.7. The average molecular weight is 262 g/mol. The molecule has 0 fully saturated rings. The molecule has 94 valence electrons. The minimum Gasteiger partial charge on any atom is -0.383 e. The minimum absolute atomic E-state index is 0.153. The van der Waals surface area contributed by atoms with Crippen LogP contribution in [-0.4, -0.2) is 31.2 Å². The Morgan fingerprint density at radius 2 is 2.17 bits per heavy atom. The molecule has 1 aromatic heterocycles. The van der Waals surface area contributed by atoms with Crippen LogP contribution >= 0.6 is 11.3 Å². The van der Waals surface area contributed by atoms with Gasteiger partial charge in [-0.3, -0.25) is 4.79 Å². The van der Waals surface area contributed by atoms with E-state index in [0.29, 0.717) is 18.2 Å². The molecular weight excluding hydrogens is 248 g/mol. The van der Waals surface area contributed by atoms with Crippen LogP contribution in [0.3, 0.4) is 0 Å². The number of hydrogen-bond acceptors (Lipinski definition) is 4. The number of aromatic nitrogens is 1. The maximum Gasteiger partial charge on any atom is 0.280 e. The van der Waals surface area contributed by atoms with Gasteiger partial charge < -0.3 is 10.1 Å². The number of methoxy groups -OCH3 is 1. The third kappa shape index (κ3) is 3.15. The zero-order valence-electron chi connectivity index (χ0n) is 10.1. The Hall–Kier alpha value is -1.72. The number of thiazole rings is 1. The van der Waals surface area contributed by atoms with Crippen LogP contribution in [0, 0.1) is 0 Å². The van der Waals surface area contributed by atoms with Gasteiger partial charge in [0.25, 0.3) is 5.91 Å². The topological polar surface area (TPSA) is 51.2 Å². The SMILES string of the molecule is COCCNC(=O)c1ncc(-c2ccccc2)s1. The van der Waals surface area contributed by atoms with Gasteiger partial charge in [-0.2, -0.15) is 0 Å². The van der Waals surface area contributed by atoms with E-state index < -0.39 is 0 Å². The third-order valence-corrected chi connectivity index (χ3v) is 3.40. The summed E-state index contributed by atoms with van der Waals surface area (Å²) in [6, 6.07) is 9.89. The highest BCUT2D eigenvalue weighted by molar-refractivity contribution is 7.16. The Balaban J connectivity index is 2.04. The molecule has 0 saturated heterocycles. The van der Waals surface area contributed by atoms with Crippen LogP contribution in [-0.2, 0) is 4.74 Å². The summed E-state index contributed by atoms with van der Waals surface area (Å²) in [6.07, 6.45) is 1.73. The standard InChI is InChI=1S/C13H14N2O2S/c1-17-8-7-14-12(16)13-15-9-11(18-13)10-5-3-2-4-6-10/h2-6,9H,7-8H2,1H3,(H,14,16). The molecule has 1 amide bonds. The van der Waals surface area contributed by atoms with Gasteiger partial charge >= 0.3 is 0 Å². The summed E-state index contributed by atoms with van der Waals surface area (Å²) in [5.74, 6) is -0.153. The zero-order chi connectivity index (χ0) is 12.8. The van der Waals surface area contributed by atoms with Crippen molar-refractivity contribution in [2.45, 2.75) is 0 Å². The molecule has 5 heteroatoms. The van der Waals surface area contributed by atoms with Crippen LogP contribution in [0.1, 0.15) is 9.80 Å². The Labute approximate surface area is 110 Å². The van der Waals surface area contributed by atoms with Crippen LogP contribution in [0.2, 0.25) is 0 Å². The van der Waals surface area contributed by atoms with Gasteiger partial charge in [0.15, 0.2) is 5.01 Å². The third-order valence-electron chi connectivity index (χ3n) is 2.35. The van der Waals surface area contributed by atoms with Gasteiger partial charge in [0.2, 0.25) is 0 Å². The van der Waals surface area contributed by atoms with E-state index in [1.54, 1.807) is 13.3 Å². The first-order valence-corrected chi connectivity index (χ1v) is 6.41. The lowest BCUT2D eigenvalue weighted by Gasteiger charge is -2.00. The molecule has 2 rings (SSSR count). The van der Waals surface area contributed by atoms with Crippen molar-refractivity contribution < 1.29 is 9.53 Å². The predicted octanol–water partition coefficient (Wildman–Crippen LogP) is 2.19. The normalized spacial score (nSPS) is 10.3. The molecule has 0 saturated carbocycles. The molecule has 0 radical (unpaired) electrons. The smallest absolute Gasteiger partial charge is 0.280 e. The van der Waals surface area contributed by atoms with E-state index in [4.69, 9.17) is 4.74 Å². The lowest BCUT2D eigenvalue weighted by molar-refractivity contribution is 0.0936. The predicted molar refractivity (Wildman–Crippen MR) is 71.8 cm³/mol. The zero-order valence-corrected chi connectivity index (χ0v) is 10.9. The lowest BCUT2D eigenvalue weighted by Crippen LogP contribution is -2.26. The summed E-state index contributed by atoms with van der Waals surface area (Å²) in [5.41, 5.74) is 1.07. The number of nitrogens with one attached hydrogen (secondary N) is 1. The number of amides is 1. The number of rotatable bonds is 5. The Morgan fingerprint density at radius 1 is 1.39 bits per heavy atom. The molecule has 1 aromatic carbocycles. The summed E-state index contributed by atoms with van der Waals surface area (Å²) in [4.78, 5) is 16.9. The second-order valence-corrected chi connectivity index (χ2v) is 4.68. The van der Waals surface area contributed by atoms with Crippen molar-refractivity contribution in [3.05, 3.63) is 41.5 Å². The molecule has 1 N–H and O–H groups in total. The molecule has 4 nitrogen and oxygen atoms in total. The Kier molecular flexibility index (Phi) is 4.44. The fraction of sp³-hybridized carbons (Fsp3) is 0.231. The molecule has 1 heterocycles. The van der Waals surface area contributed by atoms with E-state index >= 15 is 0 Å². The Morgan fingerprint density at radius 3 is 2.89 bits per heavy atom. The van der Waals surface area contributed by atoms with Crippen LogP contribution in [0.5, 0.6) is 0 Å². The van der Waals surface area contributed by atoms with Crippen molar-refractivity contribution in [3.8, 4) is 10.4 Å². The quantitative estimate of drug-likeness (QED) is 0.840. The first-order valence-electron chi connectivity index (χ1n) is 5.59. The number of nitrogens with zero attached hydrogens (tertiary/aromatic N) is 1. The number of carbonyl (C=O) groups is 1. The Bertz CT molecular complexity index is 511. The second kappa shape index (κ2) is 6.28. The van der Waals surface area contributed by atoms with Gasteiger partial charge in [-0.05, 0) is 5.56 Å². The molecule has 18 heavy (non-hydrogen) atoms. The monoisotopic (exact) mass is 262 g/mol. The molecule has 0 aliphatic carbocycles. The highest BCUT2D eigenvalue weighted by Crippen LogP contribution is 2.25. The van der Waals surface area contributed by atoms with E-state index in [1.165, 1.54) is 11.3 Å². The van der Waals surface area contributed by atoms with Gasteiger partial charge in [0, 0.05) is 19.9 Å². The lowest BCUT2D eigenvalue weighted by atomic mass is 10.2. The van der Waals surface area contributed by atoms with Crippen molar-refractivity contribution in [2.24, 2.45) is 0 Å². The fourth-order valence-electron chi connectivity index (χ4n) is 1.46. The van der Waals surface area contributed by atoms with Gasteiger partial charge in [-0.1, -0.05) is 30.3 Å². The first-order chi connectivity index (χ1) is 8.81. The summed E-state index contributed by atoms with van der Waals surface area (Å²) in [7, 11) is 1.60. The van der Waals surface area contributed by atoms with E-state index in [-0.39, 0.29) is 5.91 Å². The molecule has 0 spiro atoms.